The lowest BCUT2D eigenvalue weighted by Gasteiger charge is -2.28. The fourth-order valence-corrected chi connectivity index (χ4v) is 2.47. The van der Waals surface area contributed by atoms with E-state index in [2.05, 4.69) is 47.9 Å². The molecule has 0 spiro atoms. The van der Waals surface area contributed by atoms with Crippen LogP contribution in [0.2, 0.25) is 5.15 Å². The predicted molar refractivity (Wildman–Crippen MR) is 86.5 cm³/mol. The first-order chi connectivity index (χ1) is 9.36. The molecule has 0 aliphatic carbocycles. The molecular weight excluding hydrogens is 272 g/mol. The van der Waals surface area contributed by atoms with E-state index in [0.717, 1.165) is 38.2 Å². The molecule has 0 aliphatic rings. The van der Waals surface area contributed by atoms with Crippen LogP contribution in [0.5, 0.6) is 0 Å². The fourth-order valence-electron chi connectivity index (χ4n) is 2.24. The molecule has 0 radical (unpaired) electrons. The van der Waals surface area contributed by atoms with Crippen molar-refractivity contribution < 1.29 is 0 Å². The summed E-state index contributed by atoms with van der Waals surface area (Å²) in [5.41, 5.74) is 0.844. The van der Waals surface area contributed by atoms with Crippen LogP contribution in [0.25, 0.3) is 0 Å². The van der Waals surface area contributed by atoms with E-state index in [4.69, 9.17) is 11.6 Å². The van der Waals surface area contributed by atoms with E-state index < -0.39 is 0 Å². The van der Waals surface area contributed by atoms with Crippen LogP contribution in [0.1, 0.15) is 46.2 Å². The molecule has 1 aromatic rings. The van der Waals surface area contributed by atoms with Crippen molar-refractivity contribution >= 4 is 17.5 Å². The summed E-state index contributed by atoms with van der Waals surface area (Å²) >= 11 is 5.96. The van der Waals surface area contributed by atoms with Crippen molar-refractivity contribution in [3.8, 4) is 0 Å². The Morgan fingerprint density at radius 1 is 1.25 bits per heavy atom. The number of anilines is 1. The maximum absolute atomic E-state index is 5.96. The smallest absolute Gasteiger partial charge is 0.224 e. The van der Waals surface area contributed by atoms with E-state index in [1.807, 2.05) is 6.92 Å². The average Bonchev–Trinajstić information content (AvgIpc) is 2.32. The van der Waals surface area contributed by atoms with Gasteiger partial charge in [-0.25, -0.2) is 9.97 Å². The van der Waals surface area contributed by atoms with Gasteiger partial charge in [-0.3, -0.25) is 0 Å². The summed E-state index contributed by atoms with van der Waals surface area (Å²) in [4.78, 5) is 11.0. The number of nitrogens with zero attached hydrogens (tertiary/aromatic N) is 3. The molecule has 0 atom stereocenters. The third-order valence-electron chi connectivity index (χ3n) is 3.44. The molecule has 1 N–H and O–H groups in total. The molecule has 20 heavy (non-hydrogen) atoms. The number of hydrogen-bond acceptors (Lipinski definition) is 4. The number of aryl methyl sites for hydroxylation is 1. The van der Waals surface area contributed by atoms with Gasteiger partial charge in [0.2, 0.25) is 5.95 Å². The molecule has 0 amide bonds. The van der Waals surface area contributed by atoms with Gasteiger partial charge in [0, 0.05) is 11.2 Å². The third kappa shape index (κ3) is 6.06. The summed E-state index contributed by atoms with van der Waals surface area (Å²) in [5.74, 6) is 0.614. The minimum Gasteiger partial charge on any atom is -0.349 e. The van der Waals surface area contributed by atoms with Crippen molar-refractivity contribution in [3.63, 3.8) is 0 Å². The molecule has 0 unspecified atom stereocenters. The van der Waals surface area contributed by atoms with Gasteiger partial charge in [-0.1, -0.05) is 25.4 Å². The van der Waals surface area contributed by atoms with Crippen LogP contribution in [-0.2, 0) is 0 Å². The summed E-state index contributed by atoms with van der Waals surface area (Å²) in [6.45, 7) is 14.0. The summed E-state index contributed by atoms with van der Waals surface area (Å²) in [6, 6.07) is 1.76. The van der Waals surface area contributed by atoms with Gasteiger partial charge < -0.3 is 10.2 Å². The van der Waals surface area contributed by atoms with Gasteiger partial charge in [0.25, 0.3) is 0 Å². The Morgan fingerprint density at radius 2 is 1.90 bits per heavy atom. The van der Waals surface area contributed by atoms with E-state index >= 15 is 0 Å². The van der Waals surface area contributed by atoms with Crippen molar-refractivity contribution in [3.05, 3.63) is 16.9 Å². The fraction of sp³-hybridized carbons (Fsp3) is 0.733. The van der Waals surface area contributed by atoms with Crippen LogP contribution >= 0.6 is 11.6 Å². The second-order valence-corrected chi connectivity index (χ2v) is 6.18. The maximum Gasteiger partial charge on any atom is 0.224 e. The molecule has 0 aromatic carbocycles. The third-order valence-corrected chi connectivity index (χ3v) is 3.64. The van der Waals surface area contributed by atoms with Crippen LogP contribution < -0.4 is 5.32 Å². The Labute approximate surface area is 127 Å². The monoisotopic (exact) mass is 298 g/mol. The van der Waals surface area contributed by atoms with Crippen molar-refractivity contribution in [2.45, 2.75) is 53.0 Å². The van der Waals surface area contributed by atoms with Crippen LogP contribution in [0, 0.1) is 6.92 Å². The molecule has 1 heterocycles. The quantitative estimate of drug-likeness (QED) is 0.742. The molecule has 0 saturated heterocycles. The lowest BCUT2D eigenvalue weighted by Crippen LogP contribution is -2.33. The van der Waals surface area contributed by atoms with Gasteiger partial charge in [-0.15, -0.1) is 0 Å². The normalized spacial score (nSPS) is 11.9. The van der Waals surface area contributed by atoms with Crippen LogP contribution in [-0.4, -0.2) is 40.0 Å². The molecule has 114 valence electrons. The van der Waals surface area contributed by atoms with Crippen molar-refractivity contribution in [1.29, 1.82) is 0 Å². The van der Waals surface area contributed by atoms with Gasteiger partial charge in [-0.2, -0.15) is 0 Å². The highest BCUT2D eigenvalue weighted by Crippen LogP contribution is 2.19. The van der Waals surface area contributed by atoms with Crippen molar-refractivity contribution in [2.24, 2.45) is 0 Å². The van der Waals surface area contributed by atoms with E-state index in [0.29, 0.717) is 11.1 Å². The molecule has 0 fully saturated rings. The topological polar surface area (TPSA) is 41.0 Å². The standard InChI is InChI=1S/C15H27ClN4/c1-6-20(7-2)10-8-9-15(4,5)19-14-17-12(3)11-13(16)18-14/h11H,6-10H2,1-5H3,(H,17,18,19). The van der Waals surface area contributed by atoms with Gasteiger partial charge >= 0.3 is 0 Å². The molecule has 0 aliphatic heterocycles. The second-order valence-electron chi connectivity index (χ2n) is 5.79. The summed E-state index contributed by atoms with van der Waals surface area (Å²) in [6.07, 6.45) is 2.22. The van der Waals surface area contributed by atoms with Gasteiger partial charge in [0.05, 0.1) is 0 Å². The Hall–Kier alpha value is -0.870. The lowest BCUT2D eigenvalue weighted by atomic mass is 9.98. The Kier molecular flexibility index (Phi) is 6.69. The van der Waals surface area contributed by atoms with Gasteiger partial charge in [0.1, 0.15) is 5.15 Å². The van der Waals surface area contributed by atoms with Crippen LogP contribution in [0.3, 0.4) is 0 Å². The molecule has 1 rings (SSSR count). The Morgan fingerprint density at radius 3 is 2.45 bits per heavy atom. The summed E-state index contributed by atoms with van der Waals surface area (Å²) < 4.78 is 0. The zero-order chi connectivity index (χ0) is 15.2. The zero-order valence-corrected chi connectivity index (χ0v) is 14.1. The molecule has 0 bridgehead atoms. The molecule has 0 saturated carbocycles. The summed E-state index contributed by atoms with van der Waals surface area (Å²) in [5, 5.41) is 3.87. The minimum absolute atomic E-state index is 0.0374. The first kappa shape index (κ1) is 17.2. The van der Waals surface area contributed by atoms with Crippen LogP contribution in [0.15, 0.2) is 6.07 Å². The molecule has 1 aromatic heterocycles. The number of hydrogen-bond donors (Lipinski definition) is 1. The van der Waals surface area contributed by atoms with Crippen molar-refractivity contribution in [2.75, 3.05) is 25.0 Å². The minimum atomic E-state index is -0.0374. The summed E-state index contributed by atoms with van der Waals surface area (Å²) in [7, 11) is 0. The van der Waals surface area contributed by atoms with Gasteiger partial charge in [-0.05, 0) is 59.3 Å². The molecule has 4 nitrogen and oxygen atoms in total. The SMILES string of the molecule is CCN(CC)CCCC(C)(C)Nc1nc(C)cc(Cl)n1. The van der Waals surface area contributed by atoms with E-state index in [1.54, 1.807) is 6.07 Å². The van der Waals surface area contributed by atoms with Crippen molar-refractivity contribution in [1.82, 2.24) is 14.9 Å². The number of halogens is 1. The largest absolute Gasteiger partial charge is 0.349 e. The predicted octanol–water partition coefficient (Wildman–Crippen LogP) is 3.75. The first-order valence-corrected chi connectivity index (χ1v) is 7.76. The average molecular weight is 299 g/mol. The van der Waals surface area contributed by atoms with E-state index in [1.165, 1.54) is 0 Å². The molecule has 5 heteroatoms. The maximum atomic E-state index is 5.96. The zero-order valence-electron chi connectivity index (χ0n) is 13.3. The highest BCUT2D eigenvalue weighted by molar-refractivity contribution is 6.29. The second kappa shape index (κ2) is 7.79. The van der Waals surface area contributed by atoms with E-state index in [9.17, 15) is 0 Å². The van der Waals surface area contributed by atoms with Gasteiger partial charge in [0.15, 0.2) is 0 Å². The molecular formula is C15H27ClN4. The first-order valence-electron chi connectivity index (χ1n) is 7.38. The highest BCUT2D eigenvalue weighted by Gasteiger charge is 2.19. The Bertz CT molecular complexity index is 396. The van der Waals surface area contributed by atoms with E-state index in [-0.39, 0.29) is 5.54 Å². The lowest BCUT2D eigenvalue weighted by molar-refractivity contribution is 0.287. The number of rotatable bonds is 8. The Balaban J connectivity index is 2.52. The highest BCUT2D eigenvalue weighted by atomic mass is 35.5. The number of nitrogens with one attached hydrogen (secondary N) is 1. The van der Waals surface area contributed by atoms with Crippen LogP contribution in [0.4, 0.5) is 5.95 Å². The number of aromatic nitrogens is 2.